The molecular formula is C12H14N6S2. The Bertz CT molecular complexity index is 590. The van der Waals surface area contributed by atoms with Crippen LogP contribution < -0.4 is 10.6 Å². The highest BCUT2D eigenvalue weighted by Gasteiger charge is 2.06. The first-order valence-electron chi connectivity index (χ1n) is 6.03. The summed E-state index contributed by atoms with van der Waals surface area (Å²) in [6.07, 6.45) is 3.39. The van der Waals surface area contributed by atoms with E-state index >= 15 is 0 Å². The van der Waals surface area contributed by atoms with Crippen molar-refractivity contribution in [2.24, 2.45) is 0 Å². The summed E-state index contributed by atoms with van der Waals surface area (Å²) in [5.41, 5.74) is 0.847. The molecule has 8 heteroatoms. The van der Waals surface area contributed by atoms with E-state index in [2.05, 4.69) is 30.6 Å². The van der Waals surface area contributed by atoms with Crippen molar-refractivity contribution in [1.82, 2.24) is 25.3 Å². The third-order valence-electron chi connectivity index (χ3n) is 2.13. The molecule has 0 aliphatic carbocycles. The number of aryl methyl sites for hydroxylation is 1. The van der Waals surface area contributed by atoms with E-state index in [9.17, 15) is 0 Å². The molecule has 0 amide bonds. The first-order valence-corrected chi connectivity index (χ1v) is 7.25. The number of nitrogens with zero attached hydrogens (tertiary/aromatic N) is 4. The molecule has 0 atom stereocenters. The fourth-order valence-electron chi connectivity index (χ4n) is 1.39. The summed E-state index contributed by atoms with van der Waals surface area (Å²) >= 11 is 6.50. The zero-order chi connectivity index (χ0) is 14.4. The Morgan fingerprint density at radius 3 is 2.75 bits per heavy atom. The van der Waals surface area contributed by atoms with Crippen LogP contribution in [0.4, 0.5) is 5.95 Å². The Morgan fingerprint density at radius 2 is 2.05 bits per heavy atom. The average Bonchev–Trinajstić information content (AvgIpc) is 2.39. The number of hydrogen-bond acceptors (Lipinski definition) is 6. The highest BCUT2D eigenvalue weighted by Crippen LogP contribution is 2.23. The molecule has 0 fully saturated rings. The second-order valence-electron chi connectivity index (χ2n) is 3.79. The molecular weight excluding hydrogens is 292 g/mol. The van der Waals surface area contributed by atoms with E-state index in [1.54, 1.807) is 18.5 Å². The minimum atomic E-state index is 0.467. The van der Waals surface area contributed by atoms with Crippen LogP contribution in [0.5, 0.6) is 0 Å². The summed E-state index contributed by atoms with van der Waals surface area (Å²) in [6.45, 7) is 4.62. The highest BCUT2D eigenvalue weighted by atomic mass is 32.2. The van der Waals surface area contributed by atoms with Crippen molar-refractivity contribution in [2.75, 3.05) is 11.9 Å². The van der Waals surface area contributed by atoms with Crippen LogP contribution in [-0.2, 0) is 0 Å². The molecule has 2 aromatic rings. The summed E-state index contributed by atoms with van der Waals surface area (Å²) in [7, 11) is 0. The van der Waals surface area contributed by atoms with Crippen molar-refractivity contribution >= 4 is 35.0 Å². The molecule has 0 bridgehead atoms. The highest BCUT2D eigenvalue weighted by molar-refractivity contribution is 7.99. The summed E-state index contributed by atoms with van der Waals surface area (Å²) in [5, 5.41) is 7.86. The summed E-state index contributed by atoms with van der Waals surface area (Å²) in [6, 6.07) is 3.65. The van der Waals surface area contributed by atoms with Crippen LogP contribution in [0.15, 0.2) is 34.7 Å². The predicted octanol–water partition coefficient (Wildman–Crippen LogP) is 2.03. The van der Waals surface area contributed by atoms with Crippen molar-refractivity contribution in [3.05, 3.63) is 30.2 Å². The maximum Gasteiger partial charge on any atom is 0.230 e. The smallest absolute Gasteiger partial charge is 0.230 e. The molecule has 0 aromatic carbocycles. The quantitative estimate of drug-likeness (QED) is 0.505. The number of hydrogen-bond donors (Lipinski definition) is 2. The van der Waals surface area contributed by atoms with Crippen LogP contribution in [0.25, 0.3) is 0 Å². The van der Waals surface area contributed by atoms with E-state index in [1.165, 1.54) is 11.8 Å². The number of aromatic nitrogens is 4. The lowest BCUT2D eigenvalue weighted by atomic mass is 10.5. The zero-order valence-electron chi connectivity index (χ0n) is 11.1. The molecule has 0 unspecified atom stereocenters. The normalized spacial score (nSPS) is 10.1. The molecule has 2 heterocycles. The third-order valence-corrected chi connectivity index (χ3v) is 3.19. The zero-order valence-corrected chi connectivity index (χ0v) is 12.8. The van der Waals surface area contributed by atoms with E-state index in [4.69, 9.17) is 12.2 Å². The SMILES string of the molecule is CCNC(=S)Nc1nc(C)cc(Sc2ncccn2)n1. The minimum Gasteiger partial charge on any atom is -0.363 e. The molecule has 20 heavy (non-hydrogen) atoms. The summed E-state index contributed by atoms with van der Waals surface area (Å²) in [4.78, 5) is 17.0. The van der Waals surface area contributed by atoms with E-state index < -0.39 is 0 Å². The number of thiocarbonyl (C=S) groups is 1. The van der Waals surface area contributed by atoms with Gasteiger partial charge in [-0.1, -0.05) is 0 Å². The largest absolute Gasteiger partial charge is 0.363 e. The Kier molecular flexibility index (Phi) is 5.19. The Balaban J connectivity index is 2.14. The van der Waals surface area contributed by atoms with Crippen molar-refractivity contribution in [3.63, 3.8) is 0 Å². The van der Waals surface area contributed by atoms with E-state index in [1.807, 2.05) is 19.9 Å². The van der Waals surface area contributed by atoms with Gasteiger partial charge in [-0.3, -0.25) is 0 Å². The first kappa shape index (κ1) is 14.6. The Labute approximate surface area is 126 Å². The maximum atomic E-state index is 5.12. The van der Waals surface area contributed by atoms with Crippen LogP contribution >= 0.6 is 24.0 Å². The number of nitrogens with one attached hydrogen (secondary N) is 2. The second-order valence-corrected chi connectivity index (χ2v) is 5.18. The van der Waals surface area contributed by atoms with E-state index in [0.29, 0.717) is 16.2 Å². The molecule has 0 spiro atoms. The molecule has 0 aliphatic rings. The van der Waals surface area contributed by atoms with Crippen LogP contribution in [-0.4, -0.2) is 31.6 Å². The fourth-order valence-corrected chi connectivity index (χ4v) is 2.40. The van der Waals surface area contributed by atoms with E-state index in [0.717, 1.165) is 17.3 Å². The molecule has 104 valence electrons. The monoisotopic (exact) mass is 306 g/mol. The van der Waals surface area contributed by atoms with Gasteiger partial charge in [0.15, 0.2) is 10.3 Å². The van der Waals surface area contributed by atoms with Crippen LogP contribution in [0.1, 0.15) is 12.6 Å². The van der Waals surface area contributed by atoms with Gasteiger partial charge in [0.05, 0.1) is 0 Å². The third kappa shape index (κ3) is 4.39. The standard InChI is InChI=1S/C12H14N6S2/c1-3-13-11(19)18-10-16-8(2)7-9(17-10)20-12-14-5-4-6-15-12/h4-7H,3H2,1-2H3,(H2,13,16,17,18,19). The van der Waals surface area contributed by atoms with Gasteiger partial charge in [0.1, 0.15) is 5.03 Å². The predicted molar refractivity (Wildman–Crippen MR) is 82.8 cm³/mol. The lowest BCUT2D eigenvalue weighted by Gasteiger charge is -2.09. The van der Waals surface area contributed by atoms with Crippen molar-refractivity contribution < 1.29 is 0 Å². The van der Waals surface area contributed by atoms with Crippen molar-refractivity contribution in [2.45, 2.75) is 24.0 Å². The van der Waals surface area contributed by atoms with Crippen molar-refractivity contribution in [3.8, 4) is 0 Å². The molecule has 2 aromatic heterocycles. The molecule has 0 radical (unpaired) electrons. The van der Waals surface area contributed by atoms with Crippen LogP contribution in [0.3, 0.4) is 0 Å². The van der Waals surface area contributed by atoms with Gasteiger partial charge in [-0.15, -0.1) is 0 Å². The molecule has 0 saturated heterocycles. The maximum absolute atomic E-state index is 5.12. The molecule has 0 aliphatic heterocycles. The summed E-state index contributed by atoms with van der Waals surface area (Å²) in [5.74, 6) is 0.467. The Morgan fingerprint density at radius 1 is 1.30 bits per heavy atom. The van der Waals surface area contributed by atoms with E-state index in [-0.39, 0.29) is 0 Å². The van der Waals surface area contributed by atoms with Gasteiger partial charge in [0.2, 0.25) is 5.95 Å². The van der Waals surface area contributed by atoms with Gasteiger partial charge in [0, 0.05) is 24.6 Å². The molecule has 0 saturated carbocycles. The number of rotatable bonds is 4. The average molecular weight is 306 g/mol. The van der Waals surface area contributed by atoms with Gasteiger partial charge in [0.25, 0.3) is 0 Å². The second kappa shape index (κ2) is 7.11. The van der Waals surface area contributed by atoms with Gasteiger partial charge in [-0.2, -0.15) is 0 Å². The minimum absolute atomic E-state index is 0.467. The van der Waals surface area contributed by atoms with Crippen molar-refractivity contribution in [1.29, 1.82) is 0 Å². The molecule has 6 nitrogen and oxygen atoms in total. The lowest BCUT2D eigenvalue weighted by Crippen LogP contribution is -2.28. The van der Waals surface area contributed by atoms with Gasteiger partial charge in [-0.25, -0.2) is 19.9 Å². The Hall–Kier alpha value is -1.80. The van der Waals surface area contributed by atoms with Crippen LogP contribution in [0, 0.1) is 6.92 Å². The van der Waals surface area contributed by atoms with Gasteiger partial charge < -0.3 is 10.6 Å². The lowest BCUT2D eigenvalue weighted by molar-refractivity contribution is 0.948. The fraction of sp³-hybridized carbons (Fsp3) is 0.250. The number of anilines is 1. The van der Waals surface area contributed by atoms with Gasteiger partial charge in [-0.05, 0) is 50.0 Å². The van der Waals surface area contributed by atoms with Crippen LogP contribution in [0.2, 0.25) is 0 Å². The van der Waals surface area contributed by atoms with Gasteiger partial charge >= 0.3 is 0 Å². The molecule has 2 N–H and O–H groups in total. The molecule has 2 rings (SSSR count). The first-order chi connectivity index (χ1) is 9.67. The topological polar surface area (TPSA) is 75.6 Å². The summed E-state index contributed by atoms with van der Waals surface area (Å²) < 4.78 is 0.